The molecule has 0 radical (unpaired) electrons. The molecule has 2 rings (SSSR count). The molecule has 0 aliphatic heterocycles. The summed E-state index contributed by atoms with van der Waals surface area (Å²) < 4.78 is 1.84. The van der Waals surface area contributed by atoms with Crippen LogP contribution in [0.1, 0.15) is 0 Å². The predicted octanol–water partition coefficient (Wildman–Crippen LogP) is 0.535. The topological polar surface area (TPSA) is 69.6 Å². The molecule has 5 nitrogen and oxygen atoms in total. The number of nitrogens with zero attached hydrogens (tertiary/aromatic N) is 4. The minimum absolute atomic E-state index is 0.465. The first-order valence-electron chi connectivity index (χ1n) is 3.31. The monoisotopic (exact) mass is 181 g/mol. The maximum atomic E-state index is 5.65. The Morgan fingerprint density at radius 3 is 3.00 bits per heavy atom. The van der Waals surface area contributed by atoms with Crippen LogP contribution in [0, 0.1) is 0 Å². The maximum absolute atomic E-state index is 5.65. The molecule has 0 bridgehead atoms. The van der Waals surface area contributed by atoms with Gasteiger partial charge in [-0.2, -0.15) is 0 Å². The van der Waals surface area contributed by atoms with Gasteiger partial charge < -0.3 is 5.73 Å². The molecule has 0 saturated heterocycles. The Morgan fingerprint density at radius 2 is 2.25 bits per heavy atom. The smallest absolute Gasteiger partial charge is 0.183 e. The van der Waals surface area contributed by atoms with E-state index in [0.29, 0.717) is 11.5 Å². The largest absolute Gasteiger partial charge is 0.382 e. The molecule has 0 saturated carbocycles. The van der Waals surface area contributed by atoms with Gasteiger partial charge in [0.25, 0.3) is 0 Å². The number of rotatable bonds is 1. The molecule has 12 heavy (non-hydrogen) atoms. The Balaban J connectivity index is 2.83. The van der Waals surface area contributed by atoms with Crippen molar-refractivity contribution in [2.24, 2.45) is 0 Å². The van der Waals surface area contributed by atoms with E-state index in [1.54, 1.807) is 6.33 Å². The maximum Gasteiger partial charge on any atom is 0.183 e. The van der Waals surface area contributed by atoms with Crippen LogP contribution in [-0.4, -0.2) is 25.2 Å². The molecule has 62 valence electrons. The number of fused-ring (bicyclic) bond motifs is 1. The van der Waals surface area contributed by atoms with Crippen molar-refractivity contribution in [3.8, 4) is 0 Å². The first kappa shape index (κ1) is 7.35. The van der Waals surface area contributed by atoms with E-state index in [4.69, 9.17) is 5.73 Å². The van der Waals surface area contributed by atoms with Crippen molar-refractivity contribution in [1.82, 2.24) is 18.9 Å². The zero-order chi connectivity index (χ0) is 8.55. The molecule has 6 heteroatoms. The molecule has 2 aromatic rings. The molecule has 0 spiro atoms. The Bertz CT molecular complexity index is 409. The lowest BCUT2D eigenvalue weighted by molar-refractivity contribution is 1.21. The normalized spacial score (nSPS) is 10.8. The van der Waals surface area contributed by atoms with E-state index < -0.39 is 0 Å². The quantitative estimate of drug-likeness (QED) is 0.695. The molecule has 0 aromatic carbocycles. The van der Waals surface area contributed by atoms with Crippen molar-refractivity contribution in [1.29, 1.82) is 0 Å². The highest BCUT2D eigenvalue weighted by molar-refractivity contribution is 7.97. The molecule has 0 atom stereocenters. The van der Waals surface area contributed by atoms with Gasteiger partial charge in [0.1, 0.15) is 18.2 Å². The number of imidazole rings is 1. The van der Waals surface area contributed by atoms with Crippen molar-refractivity contribution < 1.29 is 0 Å². The fourth-order valence-corrected chi connectivity index (χ4v) is 1.49. The third-order valence-corrected chi connectivity index (χ3v) is 2.20. The molecular weight excluding hydrogens is 174 g/mol. The lowest BCUT2D eigenvalue weighted by atomic mass is 10.5. The minimum atomic E-state index is 0.465. The summed E-state index contributed by atoms with van der Waals surface area (Å²) in [5.41, 5.74) is 7.07. The highest BCUT2D eigenvalue weighted by Gasteiger charge is 2.06. The summed E-state index contributed by atoms with van der Waals surface area (Å²) in [6.45, 7) is 0. The predicted molar refractivity (Wildman–Crippen MR) is 48.6 cm³/mol. The van der Waals surface area contributed by atoms with Gasteiger partial charge >= 0.3 is 0 Å². The average molecular weight is 181 g/mol. The van der Waals surface area contributed by atoms with E-state index in [-0.39, 0.29) is 0 Å². The first-order chi connectivity index (χ1) is 5.83. The second-order valence-electron chi connectivity index (χ2n) is 2.18. The average Bonchev–Trinajstić information content (AvgIpc) is 2.49. The van der Waals surface area contributed by atoms with Crippen molar-refractivity contribution in [3.05, 3.63) is 12.7 Å². The third-order valence-electron chi connectivity index (χ3n) is 1.53. The zero-order valence-electron chi connectivity index (χ0n) is 6.43. The van der Waals surface area contributed by atoms with Crippen LogP contribution < -0.4 is 5.73 Å². The summed E-state index contributed by atoms with van der Waals surface area (Å²) >= 11 is 1.51. The molecule has 2 N–H and O–H groups in total. The second-order valence-corrected chi connectivity index (χ2v) is 2.94. The van der Waals surface area contributed by atoms with E-state index in [0.717, 1.165) is 5.52 Å². The second kappa shape index (κ2) is 2.63. The van der Waals surface area contributed by atoms with Gasteiger partial charge in [0.2, 0.25) is 0 Å². The molecule has 0 aliphatic carbocycles. The summed E-state index contributed by atoms with van der Waals surface area (Å²) in [6.07, 6.45) is 5.03. The van der Waals surface area contributed by atoms with Gasteiger partial charge in [0.05, 0.1) is 0 Å². The number of nitrogen functional groups attached to an aromatic ring is 1. The summed E-state index contributed by atoms with van der Waals surface area (Å²) in [7, 11) is 0. The Morgan fingerprint density at radius 1 is 1.42 bits per heavy atom. The van der Waals surface area contributed by atoms with Gasteiger partial charge in [0, 0.05) is 6.26 Å². The van der Waals surface area contributed by atoms with Crippen LogP contribution in [0.2, 0.25) is 0 Å². The minimum Gasteiger partial charge on any atom is -0.382 e. The Hall–Kier alpha value is -1.30. The third kappa shape index (κ3) is 0.918. The lowest BCUT2D eigenvalue weighted by Gasteiger charge is -1.98. The van der Waals surface area contributed by atoms with E-state index in [1.807, 2.05) is 10.2 Å². The number of nitrogens with two attached hydrogens (primary N) is 1. The summed E-state index contributed by atoms with van der Waals surface area (Å²) in [5.74, 6) is 0.465. The van der Waals surface area contributed by atoms with E-state index in [1.165, 1.54) is 18.3 Å². The van der Waals surface area contributed by atoms with Gasteiger partial charge in [0.15, 0.2) is 11.5 Å². The molecular formula is C6H7N5S. The molecule has 0 fully saturated rings. The molecule has 0 unspecified atom stereocenters. The van der Waals surface area contributed by atoms with E-state index >= 15 is 0 Å². The number of aromatic nitrogens is 4. The molecule has 0 aliphatic rings. The molecule has 2 aromatic heterocycles. The summed E-state index contributed by atoms with van der Waals surface area (Å²) in [6, 6.07) is 0. The van der Waals surface area contributed by atoms with Gasteiger partial charge in [-0.25, -0.2) is 15.0 Å². The van der Waals surface area contributed by atoms with Crippen molar-refractivity contribution in [2.45, 2.75) is 0 Å². The van der Waals surface area contributed by atoms with Gasteiger partial charge in [-0.05, 0) is 11.9 Å². The summed E-state index contributed by atoms with van der Waals surface area (Å²) in [5, 5.41) is 0. The lowest BCUT2D eigenvalue weighted by Crippen LogP contribution is -1.95. The van der Waals surface area contributed by atoms with Crippen LogP contribution in [0.3, 0.4) is 0 Å². The fraction of sp³-hybridized carbons (Fsp3) is 0.167. The zero-order valence-corrected chi connectivity index (χ0v) is 7.25. The number of anilines is 1. The van der Waals surface area contributed by atoms with Crippen molar-refractivity contribution in [3.63, 3.8) is 0 Å². The number of hydrogen-bond acceptors (Lipinski definition) is 5. The van der Waals surface area contributed by atoms with Crippen LogP contribution in [-0.2, 0) is 0 Å². The van der Waals surface area contributed by atoms with Gasteiger partial charge in [-0.1, -0.05) is 0 Å². The highest BCUT2D eigenvalue weighted by atomic mass is 32.2. The molecule has 2 heterocycles. The van der Waals surface area contributed by atoms with E-state index in [9.17, 15) is 0 Å². The van der Waals surface area contributed by atoms with Crippen molar-refractivity contribution in [2.75, 3.05) is 12.0 Å². The number of hydrogen-bond donors (Lipinski definition) is 1. The van der Waals surface area contributed by atoms with Crippen molar-refractivity contribution >= 4 is 28.9 Å². The fourth-order valence-electron chi connectivity index (χ4n) is 0.992. The first-order valence-corrected chi connectivity index (χ1v) is 4.49. The van der Waals surface area contributed by atoms with E-state index in [2.05, 4.69) is 15.0 Å². The Labute approximate surface area is 73.2 Å². The van der Waals surface area contributed by atoms with Crippen LogP contribution >= 0.6 is 11.9 Å². The standard InChI is InChI=1S/C6H7N5S/c1-12-11-3-10-6-4(11)5(7)8-2-9-6/h2-3H,1H3,(H2,7,8,9). The SMILES string of the molecule is CSn1cnc2ncnc(N)c21. The van der Waals surface area contributed by atoms with Gasteiger partial charge in [-0.15, -0.1) is 0 Å². The summed E-state index contributed by atoms with van der Waals surface area (Å²) in [4.78, 5) is 11.9. The highest BCUT2D eigenvalue weighted by Crippen LogP contribution is 2.18. The van der Waals surface area contributed by atoms with Crippen LogP contribution in [0.4, 0.5) is 5.82 Å². The molecule has 0 amide bonds. The van der Waals surface area contributed by atoms with Crippen LogP contribution in [0.5, 0.6) is 0 Å². The Kier molecular flexibility index (Phi) is 1.61. The van der Waals surface area contributed by atoms with Crippen LogP contribution in [0.25, 0.3) is 11.2 Å². The van der Waals surface area contributed by atoms with Gasteiger partial charge in [-0.3, -0.25) is 3.97 Å². The van der Waals surface area contributed by atoms with Crippen LogP contribution in [0.15, 0.2) is 12.7 Å².